The molecule has 27 nitrogen and oxygen atoms in total. The van der Waals surface area contributed by atoms with E-state index < -0.39 is 102 Å². The number of hydrogen-bond donors (Lipinski definition) is 8. The number of urea groups is 1. The summed E-state index contributed by atoms with van der Waals surface area (Å²) < 4.78 is 17.8. The Morgan fingerprint density at radius 1 is 0.712 bits per heavy atom. The minimum absolute atomic E-state index is 0.0411. The third kappa shape index (κ3) is 27.8. The fourth-order valence-corrected chi connectivity index (χ4v) is 15.0. The predicted molar refractivity (Wildman–Crippen MR) is 400 cm³/mol. The number of anilines is 1. The molecule has 104 heavy (non-hydrogen) atoms. The number of likely N-dealkylation sites (N-methyl/N-ethyl adjacent to an activating group) is 3. The third-order valence-corrected chi connectivity index (χ3v) is 20.9. The molecule has 1 aliphatic carbocycles. The smallest absolute Gasteiger partial charge is 0.431 e. The molecule has 1 saturated carbocycles. The van der Waals surface area contributed by atoms with Gasteiger partial charge in [-0.2, -0.15) is 10.7 Å². The first kappa shape index (κ1) is 87.2. The number of nitriles is 1. The summed E-state index contributed by atoms with van der Waals surface area (Å²) in [6.07, 6.45) is 10.2. The summed E-state index contributed by atoms with van der Waals surface area (Å²) in [5, 5.41) is 27.2. The van der Waals surface area contributed by atoms with Crippen molar-refractivity contribution < 1.29 is 62.2 Å². The third-order valence-electron chi connectivity index (χ3n) is 20.9. The van der Waals surface area contributed by atoms with Gasteiger partial charge in [-0.25, -0.2) is 9.59 Å². The highest BCUT2D eigenvalue weighted by Gasteiger charge is 2.47. The van der Waals surface area contributed by atoms with Crippen molar-refractivity contribution in [2.45, 2.75) is 238 Å². The van der Waals surface area contributed by atoms with Crippen molar-refractivity contribution >= 4 is 59.2 Å². The van der Waals surface area contributed by atoms with E-state index in [1.807, 2.05) is 117 Å². The van der Waals surface area contributed by atoms with Crippen molar-refractivity contribution in [3.8, 4) is 6.07 Å². The highest BCUT2D eigenvalue weighted by atomic mass is 16.7. The molecular formula is C77H126N14O13. The van der Waals surface area contributed by atoms with Crippen molar-refractivity contribution in [3.63, 3.8) is 0 Å². The van der Waals surface area contributed by atoms with Crippen molar-refractivity contribution in [2.75, 3.05) is 87.0 Å². The number of nitrogens with one attached hydrogen (secondary N) is 7. The maximum atomic E-state index is 15.1. The van der Waals surface area contributed by atoms with Gasteiger partial charge in [-0.05, 0) is 126 Å². The Morgan fingerprint density at radius 2 is 1.35 bits per heavy atom. The Morgan fingerprint density at radius 3 is 1.91 bits per heavy atom. The van der Waals surface area contributed by atoms with E-state index in [0.717, 1.165) is 38.0 Å². The van der Waals surface area contributed by atoms with Crippen LogP contribution >= 0.6 is 0 Å². The van der Waals surface area contributed by atoms with E-state index in [2.05, 4.69) is 48.3 Å². The highest BCUT2D eigenvalue weighted by Crippen LogP contribution is 2.32. The summed E-state index contributed by atoms with van der Waals surface area (Å²) in [6, 6.07) is 12.1. The Bertz CT molecular complexity index is 3040. The molecule has 0 spiro atoms. The first-order valence-electron chi connectivity index (χ1n) is 37.9. The van der Waals surface area contributed by atoms with Crippen molar-refractivity contribution in [3.05, 3.63) is 65.7 Å². The number of likely N-dealkylation sites (tertiary alicyclic amines) is 2. The molecule has 27 heteroatoms. The molecule has 2 aromatic carbocycles. The summed E-state index contributed by atoms with van der Waals surface area (Å²) in [5.74, 6) is -4.22. The normalized spacial score (nSPS) is 19.3. The number of carbonyl (C=O) groups is 9. The monoisotopic (exact) mass is 1450 g/mol. The van der Waals surface area contributed by atoms with E-state index in [9.17, 15) is 43.6 Å². The maximum absolute atomic E-state index is 15.1. The fourth-order valence-electron chi connectivity index (χ4n) is 15.0. The molecule has 0 radical (unpaired) electrons. The van der Waals surface area contributed by atoms with E-state index in [1.54, 1.807) is 43.1 Å². The molecule has 0 unspecified atom stereocenters. The van der Waals surface area contributed by atoms with Gasteiger partial charge in [-0.1, -0.05) is 150 Å². The first-order valence-corrected chi connectivity index (χ1v) is 37.9. The van der Waals surface area contributed by atoms with Gasteiger partial charge >= 0.3 is 12.1 Å². The van der Waals surface area contributed by atoms with Crippen LogP contribution in [0.2, 0.25) is 0 Å². The Labute approximate surface area is 618 Å². The van der Waals surface area contributed by atoms with Gasteiger partial charge in [-0.15, -0.1) is 0 Å². The second-order valence-corrected chi connectivity index (χ2v) is 30.3. The number of primary amides is 1. The number of ether oxygens (including phenoxy) is 3. The van der Waals surface area contributed by atoms with Gasteiger partial charge in [0.15, 0.2) is 0 Å². The van der Waals surface area contributed by atoms with Gasteiger partial charge in [0.2, 0.25) is 41.4 Å². The number of hydroxylamine groups is 1. The number of nitrogens with two attached hydrogens (primary N) is 1. The van der Waals surface area contributed by atoms with Gasteiger partial charge in [0.1, 0.15) is 36.9 Å². The lowest BCUT2D eigenvalue weighted by Crippen LogP contribution is -2.59. The minimum atomic E-state index is -1.08. The maximum Gasteiger partial charge on any atom is 0.431 e. The number of piperidine rings is 1. The van der Waals surface area contributed by atoms with Crippen LogP contribution in [0.5, 0.6) is 0 Å². The summed E-state index contributed by atoms with van der Waals surface area (Å²) in [6.45, 7) is 19.7. The zero-order chi connectivity index (χ0) is 76.7. The van der Waals surface area contributed by atoms with Crippen LogP contribution in [0.1, 0.15) is 170 Å². The molecule has 2 aliphatic heterocycles. The lowest BCUT2D eigenvalue weighted by molar-refractivity contribution is -0.148. The number of nitrogens with zero attached hydrogens (tertiary/aromatic N) is 6. The number of amides is 10. The van der Waals surface area contributed by atoms with Gasteiger partial charge in [0, 0.05) is 65.5 Å². The van der Waals surface area contributed by atoms with E-state index in [1.165, 1.54) is 70.5 Å². The largest absolute Gasteiger partial charge is 0.443 e. The molecule has 582 valence electrons. The molecule has 0 bridgehead atoms. The average molecular weight is 1460 g/mol. The van der Waals surface area contributed by atoms with Crippen molar-refractivity contribution in [1.29, 1.82) is 5.26 Å². The summed E-state index contributed by atoms with van der Waals surface area (Å²) in [5.41, 5.74) is 9.42. The second kappa shape index (κ2) is 44.5. The molecular weight excluding hydrogens is 1330 g/mol. The Hall–Kier alpha value is -7.48. The number of rotatable bonds is 39. The summed E-state index contributed by atoms with van der Waals surface area (Å²) >= 11 is 0. The minimum Gasteiger partial charge on any atom is -0.443 e. The second-order valence-electron chi connectivity index (χ2n) is 30.3. The zero-order valence-corrected chi connectivity index (χ0v) is 64.8. The molecule has 2 heterocycles. The predicted octanol–water partition coefficient (Wildman–Crippen LogP) is 6.88. The van der Waals surface area contributed by atoms with Crippen molar-refractivity contribution in [1.82, 2.24) is 56.6 Å². The number of benzene rings is 2. The molecule has 2 aromatic rings. The van der Waals surface area contributed by atoms with Gasteiger partial charge in [0.25, 0.3) is 0 Å². The molecule has 3 aliphatic rings. The summed E-state index contributed by atoms with van der Waals surface area (Å²) in [7, 11) is 10.1. The summed E-state index contributed by atoms with van der Waals surface area (Å²) in [4.78, 5) is 140. The van der Waals surface area contributed by atoms with E-state index in [4.69, 9.17) is 24.8 Å². The first-order chi connectivity index (χ1) is 49.5. The van der Waals surface area contributed by atoms with Crippen LogP contribution in [0.15, 0.2) is 54.6 Å². The van der Waals surface area contributed by atoms with Crippen LogP contribution in [0, 0.1) is 46.8 Å². The zero-order valence-electron chi connectivity index (χ0n) is 64.8. The van der Waals surface area contributed by atoms with E-state index in [-0.39, 0.29) is 99.7 Å². The van der Waals surface area contributed by atoms with Gasteiger partial charge in [-0.3, -0.25) is 48.2 Å². The van der Waals surface area contributed by atoms with Crippen LogP contribution in [0.3, 0.4) is 0 Å². The SMILES string of the molecule is CC[C@H](C)[C@@H]([C@@H](CC(=O)N1C[C@H](ONC(=O)OCc2ccc(NC(=O)[C@@H](CCCNC(N)=O)NC(=O)[C@H](NC(=O)CN(C)CC3CCN(C4CCCCCCCC4)CC3)C(C)C)cc2)C[C@H]1[C@H](OC)[C@@H](C)C(=O)N[C@H](C#N)Cc1ccccc1)OC)N(C)C(=O)[C@@H](NC(=O)[C@H](C(C)C)N(C)C)C(C)C. The van der Waals surface area contributed by atoms with Crippen LogP contribution in [-0.2, 0) is 65.6 Å². The van der Waals surface area contributed by atoms with Crippen LogP contribution in [0.4, 0.5) is 15.3 Å². The molecule has 12 atom stereocenters. The van der Waals surface area contributed by atoms with Gasteiger partial charge < -0.3 is 66.5 Å². The fraction of sp³-hybridized carbons (Fsp3) is 0.714. The van der Waals surface area contributed by atoms with Crippen molar-refractivity contribution in [2.24, 2.45) is 41.2 Å². The van der Waals surface area contributed by atoms with E-state index >= 15 is 4.79 Å². The van der Waals surface area contributed by atoms with Crippen LogP contribution in [-0.4, -0.2) is 226 Å². The molecule has 3 fully saturated rings. The quantitative estimate of drug-likeness (QED) is 0.0250. The number of hydrogen-bond acceptors (Lipinski definition) is 17. The lowest BCUT2D eigenvalue weighted by Gasteiger charge is -2.41. The van der Waals surface area contributed by atoms with E-state index in [0.29, 0.717) is 29.6 Å². The molecule has 10 amide bonds. The molecule has 5 rings (SSSR count). The number of methoxy groups -OCH3 is 2. The molecule has 2 saturated heterocycles. The van der Waals surface area contributed by atoms with Crippen LogP contribution < -0.4 is 43.1 Å². The number of carbonyl (C=O) groups excluding carboxylic acids is 9. The average Bonchev–Trinajstić information content (AvgIpc) is 1.53. The van der Waals surface area contributed by atoms with Gasteiger partial charge in [0.05, 0.1) is 55.3 Å². The highest BCUT2D eigenvalue weighted by molar-refractivity contribution is 5.98. The Balaban J connectivity index is 1.23. The standard InChI is InChI=1S/C77H126N14O13/c1-16-52(8)69(89(13)75(98)67(50(4)5)85-74(97)68(51(6)7)87(10)11)63(101-14)43-65(93)91-46-60(42-62(91)70(102-15)53(9)71(94)82-58(44-78)41-54-27-22-21-23-28-54)104-86-77(100)103-48-56-32-34-57(35-33-56)81-72(95)61(31-26-38-80-76(79)99)83-73(96)66(49(2)3)84-64(92)47-88(12)45-55-36-39-90(40-37-55)59-29-24-19-17-18-20-25-30-59/h21-23,27-28,32-35,49-53,55,58-63,66-70H,16-20,24-26,29-31,36-43,45-48H2,1-15H3,(H,81,95)(H,82,94)(H,83,96)(H,84,92)(H,85,97)(H,86,100)(H3,79,80,99)/t52-,53+,58-,60+,61+,62-,63+,66+,67-,68-,69-,70+/m0/s1. The Kier molecular flexibility index (Phi) is 37.3. The topological polar surface area (TPSA) is 341 Å². The molecule has 9 N–H and O–H groups in total. The molecule has 0 aromatic heterocycles. The van der Waals surface area contributed by atoms with Crippen LogP contribution in [0.25, 0.3) is 0 Å². The lowest BCUT2D eigenvalue weighted by atomic mass is 9.89.